The summed E-state index contributed by atoms with van der Waals surface area (Å²) < 4.78 is 16.4. The molecule has 1 aliphatic rings. The van der Waals surface area contributed by atoms with Crippen LogP contribution in [0.2, 0.25) is 0 Å². The zero-order valence-electron chi connectivity index (χ0n) is 15.3. The molecule has 0 spiro atoms. The number of nitrogens with one attached hydrogen (secondary N) is 1. The highest BCUT2D eigenvalue weighted by Crippen LogP contribution is 2.33. The molecule has 0 bridgehead atoms. The second-order valence-corrected chi connectivity index (χ2v) is 6.35. The lowest BCUT2D eigenvalue weighted by molar-refractivity contribution is 0.0169. The van der Waals surface area contributed by atoms with E-state index in [0.717, 1.165) is 48.5 Å². The molecule has 1 N–H and O–H groups in total. The minimum Gasteiger partial charge on any atom is -0.497 e. The Balaban J connectivity index is 1.76. The van der Waals surface area contributed by atoms with Gasteiger partial charge in [-0.05, 0) is 55.2 Å². The summed E-state index contributed by atoms with van der Waals surface area (Å²) in [6, 6.07) is 13.1. The summed E-state index contributed by atoms with van der Waals surface area (Å²) in [5.41, 5.74) is 2.41. The quantitative estimate of drug-likeness (QED) is 0.859. The van der Waals surface area contributed by atoms with Crippen molar-refractivity contribution in [3.8, 4) is 22.6 Å². The molecule has 1 aliphatic heterocycles. The van der Waals surface area contributed by atoms with Crippen LogP contribution in [0.3, 0.4) is 0 Å². The Morgan fingerprint density at radius 2 is 2.04 bits per heavy atom. The first-order valence-electron chi connectivity index (χ1n) is 8.93. The van der Waals surface area contributed by atoms with Crippen LogP contribution in [0.15, 0.2) is 42.5 Å². The fourth-order valence-electron chi connectivity index (χ4n) is 3.14. The van der Waals surface area contributed by atoms with Gasteiger partial charge in [0.1, 0.15) is 11.5 Å². The smallest absolute Gasteiger partial charge is 0.251 e. The monoisotopic (exact) mass is 355 g/mol. The van der Waals surface area contributed by atoms with Crippen molar-refractivity contribution in [2.75, 3.05) is 27.4 Å². The van der Waals surface area contributed by atoms with Gasteiger partial charge in [-0.2, -0.15) is 0 Å². The highest BCUT2D eigenvalue weighted by molar-refractivity contribution is 5.95. The molecule has 1 heterocycles. The number of methoxy groups -OCH3 is 2. The average molecular weight is 355 g/mol. The topological polar surface area (TPSA) is 56.8 Å². The zero-order valence-corrected chi connectivity index (χ0v) is 15.3. The SMILES string of the molecule is COc1ccc(OC)c(-c2cccc(C(=O)NC[C@H]3CCCCO3)c2)c1. The van der Waals surface area contributed by atoms with Crippen LogP contribution in [0.1, 0.15) is 29.6 Å². The number of rotatable bonds is 6. The van der Waals surface area contributed by atoms with Crippen LogP contribution in [-0.2, 0) is 4.74 Å². The first kappa shape index (κ1) is 18.3. The van der Waals surface area contributed by atoms with Gasteiger partial charge in [0.25, 0.3) is 5.91 Å². The molecule has 2 aromatic carbocycles. The van der Waals surface area contributed by atoms with E-state index >= 15 is 0 Å². The van der Waals surface area contributed by atoms with Crippen LogP contribution >= 0.6 is 0 Å². The maximum Gasteiger partial charge on any atom is 0.251 e. The summed E-state index contributed by atoms with van der Waals surface area (Å²) in [4.78, 5) is 12.5. The Kier molecular flexibility index (Phi) is 6.12. The van der Waals surface area contributed by atoms with E-state index in [1.165, 1.54) is 0 Å². The van der Waals surface area contributed by atoms with E-state index < -0.39 is 0 Å². The van der Waals surface area contributed by atoms with E-state index in [2.05, 4.69) is 5.32 Å². The normalized spacial score (nSPS) is 16.8. The summed E-state index contributed by atoms with van der Waals surface area (Å²) in [5.74, 6) is 1.38. The summed E-state index contributed by atoms with van der Waals surface area (Å²) in [5, 5.41) is 2.98. The molecular formula is C21H25NO4. The van der Waals surface area contributed by atoms with Gasteiger partial charge in [-0.1, -0.05) is 12.1 Å². The zero-order chi connectivity index (χ0) is 18.4. The van der Waals surface area contributed by atoms with E-state index in [9.17, 15) is 4.79 Å². The van der Waals surface area contributed by atoms with Gasteiger partial charge in [0.05, 0.1) is 20.3 Å². The summed E-state index contributed by atoms with van der Waals surface area (Å²) in [7, 11) is 3.26. The lowest BCUT2D eigenvalue weighted by atomic mass is 10.0. The van der Waals surface area contributed by atoms with Crippen molar-refractivity contribution in [2.45, 2.75) is 25.4 Å². The predicted octanol–water partition coefficient (Wildman–Crippen LogP) is 3.67. The third-order valence-electron chi connectivity index (χ3n) is 4.61. The Bertz CT molecular complexity index is 753. The number of carbonyl (C=O) groups excluding carboxylic acids is 1. The van der Waals surface area contributed by atoms with E-state index in [-0.39, 0.29) is 12.0 Å². The minimum absolute atomic E-state index is 0.0945. The van der Waals surface area contributed by atoms with Gasteiger partial charge in [0, 0.05) is 24.3 Å². The molecule has 5 heteroatoms. The fourth-order valence-corrected chi connectivity index (χ4v) is 3.14. The molecule has 0 radical (unpaired) electrons. The molecule has 138 valence electrons. The molecular weight excluding hydrogens is 330 g/mol. The molecule has 0 aliphatic carbocycles. The van der Waals surface area contributed by atoms with Crippen molar-refractivity contribution >= 4 is 5.91 Å². The maximum absolute atomic E-state index is 12.5. The molecule has 0 aromatic heterocycles. The first-order valence-corrected chi connectivity index (χ1v) is 8.93. The largest absolute Gasteiger partial charge is 0.497 e. The standard InChI is InChI=1S/C21H25NO4/c1-24-17-9-10-20(25-2)19(13-17)15-6-5-7-16(12-15)21(23)22-14-18-8-3-4-11-26-18/h5-7,9-10,12-13,18H,3-4,8,11,14H2,1-2H3,(H,22,23)/t18-/m1/s1. The van der Waals surface area contributed by atoms with Crippen molar-refractivity contribution in [2.24, 2.45) is 0 Å². The van der Waals surface area contributed by atoms with Crippen molar-refractivity contribution in [1.82, 2.24) is 5.32 Å². The molecule has 3 rings (SSSR count). The number of benzene rings is 2. The molecule has 1 fully saturated rings. The van der Waals surface area contributed by atoms with Gasteiger partial charge in [0.15, 0.2) is 0 Å². The third-order valence-corrected chi connectivity index (χ3v) is 4.61. The number of hydrogen-bond acceptors (Lipinski definition) is 4. The number of carbonyl (C=O) groups is 1. The van der Waals surface area contributed by atoms with Crippen LogP contribution in [0.5, 0.6) is 11.5 Å². The van der Waals surface area contributed by atoms with E-state index in [0.29, 0.717) is 12.1 Å². The number of hydrogen-bond donors (Lipinski definition) is 1. The Labute approximate surface area is 154 Å². The van der Waals surface area contributed by atoms with Crippen molar-refractivity contribution in [3.05, 3.63) is 48.0 Å². The third kappa shape index (κ3) is 4.35. The van der Waals surface area contributed by atoms with Gasteiger partial charge < -0.3 is 19.5 Å². The highest BCUT2D eigenvalue weighted by Gasteiger charge is 2.16. The lowest BCUT2D eigenvalue weighted by Gasteiger charge is -2.22. The maximum atomic E-state index is 12.5. The summed E-state index contributed by atoms with van der Waals surface area (Å²) >= 11 is 0. The van der Waals surface area contributed by atoms with Crippen molar-refractivity contribution in [3.63, 3.8) is 0 Å². The molecule has 1 amide bonds. The second-order valence-electron chi connectivity index (χ2n) is 6.35. The van der Waals surface area contributed by atoms with E-state index in [4.69, 9.17) is 14.2 Å². The van der Waals surface area contributed by atoms with Crippen molar-refractivity contribution in [1.29, 1.82) is 0 Å². The molecule has 1 atom stereocenters. The van der Waals surface area contributed by atoms with Crippen LogP contribution in [-0.4, -0.2) is 39.4 Å². The Hall–Kier alpha value is -2.53. The molecule has 0 saturated carbocycles. The predicted molar refractivity (Wildman–Crippen MR) is 101 cm³/mol. The van der Waals surface area contributed by atoms with Crippen LogP contribution in [0, 0.1) is 0 Å². The molecule has 2 aromatic rings. The molecule has 26 heavy (non-hydrogen) atoms. The van der Waals surface area contributed by atoms with Crippen LogP contribution in [0.4, 0.5) is 0 Å². The van der Waals surface area contributed by atoms with Gasteiger partial charge in [0.2, 0.25) is 0 Å². The number of ether oxygens (including phenoxy) is 3. The summed E-state index contributed by atoms with van der Waals surface area (Å²) in [6.07, 6.45) is 3.39. The van der Waals surface area contributed by atoms with Crippen LogP contribution < -0.4 is 14.8 Å². The summed E-state index contributed by atoms with van der Waals surface area (Å²) in [6.45, 7) is 1.33. The second kappa shape index (κ2) is 8.72. The first-order chi connectivity index (χ1) is 12.7. The van der Waals surface area contributed by atoms with Crippen molar-refractivity contribution < 1.29 is 19.0 Å². The van der Waals surface area contributed by atoms with Gasteiger partial charge >= 0.3 is 0 Å². The highest BCUT2D eigenvalue weighted by atomic mass is 16.5. The average Bonchev–Trinajstić information content (AvgIpc) is 2.72. The van der Waals surface area contributed by atoms with E-state index in [1.807, 2.05) is 42.5 Å². The van der Waals surface area contributed by atoms with Gasteiger partial charge in [-0.15, -0.1) is 0 Å². The van der Waals surface area contributed by atoms with Gasteiger partial charge in [-0.3, -0.25) is 4.79 Å². The lowest BCUT2D eigenvalue weighted by Crippen LogP contribution is -2.35. The van der Waals surface area contributed by atoms with Crippen LogP contribution in [0.25, 0.3) is 11.1 Å². The Morgan fingerprint density at radius 3 is 2.77 bits per heavy atom. The van der Waals surface area contributed by atoms with E-state index in [1.54, 1.807) is 14.2 Å². The minimum atomic E-state index is -0.0945. The van der Waals surface area contributed by atoms with Gasteiger partial charge in [-0.25, -0.2) is 0 Å². The molecule has 1 saturated heterocycles. The Morgan fingerprint density at radius 1 is 1.15 bits per heavy atom. The fraction of sp³-hybridized carbons (Fsp3) is 0.381. The molecule has 0 unspecified atom stereocenters. The molecule has 5 nitrogen and oxygen atoms in total. The number of amides is 1.